The molecule has 1 heterocycles. The number of hydrogen-bond donors (Lipinski definition) is 3. The van der Waals surface area contributed by atoms with Crippen LogP contribution in [0.1, 0.15) is 0 Å². The molecule has 1 saturated heterocycles. The van der Waals surface area contributed by atoms with E-state index in [2.05, 4.69) is 18.5 Å². The highest BCUT2D eigenvalue weighted by atomic mass is 15.2. The second-order valence-corrected chi connectivity index (χ2v) is 4.35. The van der Waals surface area contributed by atoms with Crippen molar-refractivity contribution in [2.75, 3.05) is 52.4 Å². The van der Waals surface area contributed by atoms with E-state index in [4.69, 9.17) is 0 Å². The second-order valence-electron chi connectivity index (χ2n) is 4.35. The molecule has 4 N–H and O–H groups in total. The summed E-state index contributed by atoms with van der Waals surface area (Å²) in [6.45, 7) is 17.5. The highest BCUT2D eigenvalue weighted by Crippen LogP contribution is 1.59. The Kier molecular flexibility index (Phi) is 6.32. The predicted molar refractivity (Wildman–Crippen MR) is 63.2 cm³/mol. The van der Waals surface area contributed by atoms with Crippen LogP contribution in [0, 0.1) is 0 Å². The van der Waals surface area contributed by atoms with Crippen LogP contribution in [0.15, 0.2) is 25.3 Å². The zero-order valence-electron chi connectivity index (χ0n) is 9.80. The minimum absolute atomic E-state index is 1.06. The van der Waals surface area contributed by atoms with Crippen LogP contribution >= 0.6 is 0 Å². The molecule has 15 heavy (non-hydrogen) atoms. The molecule has 0 aromatic heterocycles. The number of hydrogen-bond acceptors (Lipinski definition) is 0. The quantitative estimate of drug-likeness (QED) is 0.369. The molecule has 3 nitrogen and oxygen atoms in total. The van der Waals surface area contributed by atoms with Crippen LogP contribution < -0.4 is 15.1 Å². The Balaban J connectivity index is 2.18. The molecule has 0 spiro atoms. The number of rotatable bonds is 7. The maximum Gasteiger partial charge on any atom is 0.127 e. The van der Waals surface area contributed by atoms with Gasteiger partial charge >= 0.3 is 0 Å². The minimum Gasteiger partial charge on any atom is -0.337 e. The Bertz CT molecular complexity index is 175. The number of nitrogens with two attached hydrogens (primary N) is 1. The largest absolute Gasteiger partial charge is 0.337 e. The average molecular weight is 212 g/mol. The van der Waals surface area contributed by atoms with E-state index in [1.807, 2.05) is 12.2 Å². The lowest BCUT2D eigenvalue weighted by Crippen LogP contribution is -3.24. The van der Waals surface area contributed by atoms with E-state index < -0.39 is 0 Å². The fourth-order valence-electron chi connectivity index (χ4n) is 2.18. The summed E-state index contributed by atoms with van der Waals surface area (Å²) in [5.41, 5.74) is 0. The molecule has 0 aromatic carbocycles. The molecule has 0 amide bonds. The summed E-state index contributed by atoms with van der Waals surface area (Å²) in [4.78, 5) is 3.35. The van der Waals surface area contributed by atoms with E-state index in [0.29, 0.717) is 0 Å². The van der Waals surface area contributed by atoms with Crippen LogP contribution in [-0.4, -0.2) is 52.4 Å². The van der Waals surface area contributed by atoms with Gasteiger partial charge in [-0.1, -0.05) is 13.2 Å². The molecule has 1 aliphatic rings. The third-order valence-electron chi connectivity index (χ3n) is 3.10. The second kappa shape index (κ2) is 7.63. The smallest absolute Gasteiger partial charge is 0.127 e. The van der Waals surface area contributed by atoms with Crippen LogP contribution in [0.2, 0.25) is 0 Å². The highest BCUT2D eigenvalue weighted by molar-refractivity contribution is 4.67. The van der Waals surface area contributed by atoms with Crippen LogP contribution in [0.3, 0.4) is 0 Å². The van der Waals surface area contributed by atoms with Gasteiger partial charge < -0.3 is 15.1 Å². The lowest BCUT2D eigenvalue weighted by atomic mass is 10.3. The Morgan fingerprint density at radius 1 is 1.13 bits per heavy atom. The van der Waals surface area contributed by atoms with Crippen LogP contribution in [-0.2, 0) is 0 Å². The van der Waals surface area contributed by atoms with Crippen molar-refractivity contribution < 1.29 is 15.1 Å². The Hall–Kier alpha value is -0.640. The molecular weight excluding hydrogens is 186 g/mol. The van der Waals surface area contributed by atoms with E-state index in [1.165, 1.54) is 39.3 Å². The molecular formula is C12H26N3+3. The first-order valence-corrected chi connectivity index (χ1v) is 6.07. The van der Waals surface area contributed by atoms with Crippen LogP contribution in [0.25, 0.3) is 0 Å². The molecule has 1 fully saturated rings. The van der Waals surface area contributed by atoms with Crippen molar-refractivity contribution in [3.63, 3.8) is 0 Å². The Labute approximate surface area is 93.4 Å². The SMILES string of the molecule is C=CC[NH+](CC=C)CC[NH+]1CC[NH2+]CC1. The third-order valence-corrected chi connectivity index (χ3v) is 3.10. The van der Waals surface area contributed by atoms with E-state index in [-0.39, 0.29) is 0 Å². The molecule has 0 aromatic rings. The molecule has 1 aliphatic heterocycles. The summed E-state index contributed by atoms with van der Waals surface area (Å²) in [6.07, 6.45) is 4.02. The predicted octanol–water partition coefficient (Wildman–Crippen LogP) is -3.29. The lowest BCUT2D eigenvalue weighted by Gasteiger charge is -2.24. The van der Waals surface area contributed by atoms with E-state index >= 15 is 0 Å². The number of nitrogens with one attached hydrogen (secondary N) is 2. The van der Waals surface area contributed by atoms with Gasteiger partial charge in [0.25, 0.3) is 0 Å². The lowest BCUT2D eigenvalue weighted by molar-refractivity contribution is -0.977. The fraction of sp³-hybridized carbons (Fsp3) is 0.667. The summed E-state index contributed by atoms with van der Waals surface area (Å²) in [5.74, 6) is 0. The summed E-state index contributed by atoms with van der Waals surface area (Å²) in [5, 5.41) is 2.42. The summed E-state index contributed by atoms with van der Waals surface area (Å²) >= 11 is 0. The maximum absolute atomic E-state index is 3.81. The molecule has 0 bridgehead atoms. The van der Waals surface area contributed by atoms with Gasteiger partial charge in [0.2, 0.25) is 0 Å². The van der Waals surface area contributed by atoms with E-state index in [0.717, 1.165) is 13.1 Å². The number of piperazine rings is 1. The average Bonchev–Trinajstić information content (AvgIpc) is 2.28. The first-order valence-electron chi connectivity index (χ1n) is 6.07. The van der Waals surface area contributed by atoms with Gasteiger partial charge in [-0.05, 0) is 12.2 Å². The molecule has 86 valence electrons. The van der Waals surface area contributed by atoms with Gasteiger partial charge in [0.1, 0.15) is 39.3 Å². The molecule has 0 saturated carbocycles. The van der Waals surface area contributed by atoms with Crippen molar-refractivity contribution in [1.82, 2.24) is 0 Å². The first-order chi connectivity index (χ1) is 7.36. The van der Waals surface area contributed by atoms with Gasteiger partial charge in [-0.3, -0.25) is 0 Å². The van der Waals surface area contributed by atoms with Crippen molar-refractivity contribution in [2.24, 2.45) is 0 Å². The van der Waals surface area contributed by atoms with Gasteiger partial charge in [0.15, 0.2) is 0 Å². The molecule has 0 atom stereocenters. The van der Waals surface area contributed by atoms with E-state index in [9.17, 15) is 0 Å². The maximum atomic E-state index is 3.81. The molecule has 3 heteroatoms. The van der Waals surface area contributed by atoms with Crippen molar-refractivity contribution >= 4 is 0 Å². The molecule has 1 rings (SSSR count). The highest BCUT2D eigenvalue weighted by Gasteiger charge is 2.17. The third kappa shape index (κ3) is 5.11. The zero-order chi connectivity index (χ0) is 10.9. The van der Waals surface area contributed by atoms with Crippen molar-refractivity contribution in [3.05, 3.63) is 25.3 Å². The van der Waals surface area contributed by atoms with E-state index in [1.54, 1.807) is 9.80 Å². The van der Waals surface area contributed by atoms with Crippen LogP contribution in [0.4, 0.5) is 0 Å². The topological polar surface area (TPSA) is 25.5 Å². The first kappa shape index (κ1) is 12.4. The zero-order valence-corrected chi connectivity index (χ0v) is 9.80. The van der Waals surface area contributed by atoms with Crippen molar-refractivity contribution in [3.8, 4) is 0 Å². The summed E-state index contributed by atoms with van der Waals surface area (Å²) < 4.78 is 0. The monoisotopic (exact) mass is 212 g/mol. The summed E-state index contributed by atoms with van der Waals surface area (Å²) in [7, 11) is 0. The van der Waals surface area contributed by atoms with Gasteiger partial charge in [0.05, 0.1) is 13.1 Å². The Morgan fingerprint density at radius 2 is 1.73 bits per heavy atom. The van der Waals surface area contributed by atoms with Crippen molar-refractivity contribution in [2.45, 2.75) is 0 Å². The molecule has 0 unspecified atom stereocenters. The number of quaternary nitrogens is 3. The molecule has 0 aliphatic carbocycles. The van der Waals surface area contributed by atoms with Crippen molar-refractivity contribution in [1.29, 1.82) is 0 Å². The molecule has 0 radical (unpaired) electrons. The van der Waals surface area contributed by atoms with Crippen LogP contribution in [0.5, 0.6) is 0 Å². The standard InChI is InChI=1S/C12H23N3/c1-3-7-14(8-4-2)11-12-15-9-5-13-6-10-15/h3-4,13H,1-2,5-12H2/p+3. The van der Waals surface area contributed by atoms with Gasteiger partial charge in [0, 0.05) is 0 Å². The van der Waals surface area contributed by atoms with Gasteiger partial charge in [-0.25, -0.2) is 0 Å². The fourth-order valence-corrected chi connectivity index (χ4v) is 2.18. The van der Waals surface area contributed by atoms with Gasteiger partial charge in [-0.2, -0.15) is 0 Å². The van der Waals surface area contributed by atoms with Gasteiger partial charge in [-0.15, -0.1) is 0 Å². The summed E-state index contributed by atoms with van der Waals surface area (Å²) in [6, 6.07) is 0. The Morgan fingerprint density at radius 3 is 2.27 bits per heavy atom. The minimum atomic E-state index is 1.06. The normalized spacial score (nSPS) is 17.9.